The number of anilines is 2. The van der Waals surface area contributed by atoms with Crippen molar-refractivity contribution in [3.05, 3.63) is 18.3 Å². The Morgan fingerprint density at radius 3 is 2.45 bits per heavy atom. The first kappa shape index (κ1) is 15.1. The zero-order valence-corrected chi connectivity index (χ0v) is 13.0. The lowest BCUT2D eigenvalue weighted by molar-refractivity contribution is -0.142. The van der Waals surface area contributed by atoms with Gasteiger partial charge in [0.1, 0.15) is 5.82 Å². The summed E-state index contributed by atoms with van der Waals surface area (Å²) >= 11 is 0. The van der Waals surface area contributed by atoms with Gasteiger partial charge in [0.2, 0.25) is 0 Å². The Kier molecular flexibility index (Phi) is 4.80. The highest BCUT2D eigenvalue weighted by Crippen LogP contribution is 2.27. The fraction of sp³-hybridized carbons (Fsp3) is 0.647. The van der Waals surface area contributed by atoms with Crippen LogP contribution in [0.15, 0.2) is 18.3 Å². The van der Waals surface area contributed by atoms with Gasteiger partial charge in [-0.1, -0.05) is 0 Å². The quantitative estimate of drug-likeness (QED) is 0.894. The number of nitrogens with zero attached hydrogens (tertiary/aromatic N) is 2. The number of aromatic nitrogens is 1. The summed E-state index contributed by atoms with van der Waals surface area (Å²) < 4.78 is 0. The third kappa shape index (κ3) is 3.70. The van der Waals surface area contributed by atoms with E-state index >= 15 is 0 Å². The van der Waals surface area contributed by atoms with Crippen LogP contribution in [-0.4, -0.2) is 35.2 Å². The van der Waals surface area contributed by atoms with Crippen LogP contribution in [0.5, 0.6) is 0 Å². The molecule has 1 aromatic heterocycles. The summed E-state index contributed by atoms with van der Waals surface area (Å²) in [7, 11) is 0. The van der Waals surface area contributed by atoms with Gasteiger partial charge in [0.05, 0.1) is 17.8 Å². The maximum absolute atomic E-state index is 11.0. The number of carboxylic acid groups (broad SMARTS) is 1. The number of aliphatic carboxylic acids is 1. The number of pyridine rings is 1. The summed E-state index contributed by atoms with van der Waals surface area (Å²) in [4.78, 5) is 17.9. The van der Waals surface area contributed by atoms with Gasteiger partial charge in [-0.3, -0.25) is 4.79 Å². The average Bonchev–Trinajstić information content (AvgIpc) is 2.57. The number of carboxylic acids is 1. The topological polar surface area (TPSA) is 65.5 Å². The Bertz CT molecular complexity index is 489. The normalized spacial score (nSPS) is 25.7. The predicted octanol–water partition coefficient (Wildman–Crippen LogP) is 3.13. The van der Waals surface area contributed by atoms with Crippen molar-refractivity contribution in [3.63, 3.8) is 0 Å². The predicted molar refractivity (Wildman–Crippen MR) is 87.3 cm³/mol. The fourth-order valence-corrected chi connectivity index (χ4v) is 3.50. The van der Waals surface area contributed by atoms with E-state index in [1.54, 1.807) is 0 Å². The van der Waals surface area contributed by atoms with Gasteiger partial charge in [-0.05, 0) is 57.1 Å². The first-order valence-corrected chi connectivity index (χ1v) is 8.43. The van der Waals surface area contributed by atoms with Crippen molar-refractivity contribution in [1.82, 2.24) is 4.98 Å². The highest BCUT2D eigenvalue weighted by atomic mass is 16.4. The zero-order chi connectivity index (χ0) is 15.4. The summed E-state index contributed by atoms with van der Waals surface area (Å²) in [5.74, 6) is 0.0921. The highest BCUT2D eigenvalue weighted by molar-refractivity contribution is 5.70. The smallest absolute Gasteiger partial charge is 0.306 e. The first-order chi connectivity index (χ1) is 10.7. The van der Waals surface area contributed by atoms with E-state index in [0.29, 0.717) is 6.04 Å². The Hall–Kier alpha value is -1.78. The lowest BCUT2D eigenvalue weighted by atomic mass is 9.86. The minimum atomic E-state index is -0.651. The third-order valence-electron chi connectivity index (χ3n) is 4.90. The standard InChI is InChI=1S/C17H25N3O2/c21-17(22)13-4-6-14(7-5-13)19-16-9-8-15(12-18-16)20-10-2-1-3-11-20/h8-9,12-14H,1-7,10-11H2,(H,18,19)(H,21,22). The number of nitrogens with one attached hydrogen (secondary N) is 1. The van der Waals surface area contributed by atoms with Crippen LogP contribution < -0.4 is 10.2 Å². The van der Waals surface area contributed by atoms with Gasteiger partial charge < -0.3 is 15.3 Å². The molecule has 0 amide bonds. The van der Waals surface area contributed by atoms with Crippen molar-refractivity contribution >= 4 is 17.5 Å². The molecule has 0 atom stereocenters. The molecule has 22 heavy (non-hydrogen) atoms. The Balaban J connectivity index is 1.52. The summed E-state index contributed by atoms with van der Waals surface area (Å²) in [6, 6.07) is 4.54. The molecule has 5 heteroatoms. The molecule has 2 heterocycles. The van der Waals surface area contributed by atoms with Crippen molar-refractivity contribution in [2.45, 2.75) is 51.0 Å². The summed E-state index contributed by atoms with van der Waals surface area (Å²) in [6.45, 7) is 2.27. The Morgan fingerprint density at radius 2 is 1.86 bits per heavy atom. The second-order valence-electron chi connectivity index (χ2n) is 6.48. The minimum Gasteiger partial charge on any atom is -0.481 e. The molecule has 0 spiro atoms. The Morgan fingerprint density at radius 1 is 1.14 bits per heavy atom. The van der Waals surface area contributed by atoms with Crippen molar-refractivity contribution in [1.29, 1.82) is 0 Å². The number of carbonyl (C=O) groups is 1. The highest BCUT2D eigenvalue weighted by Gasteiger charge is 2.25. The largest absolute Gasteiger partial charge is 0.481 e. The van der Waals surface area contributed by atoms with Crippen LogP contribution in [0, 0.1) is 5.92 Å². The SMILES string of the molecule is O=C(O)C1CCC(Nc2ccc(N3CCCCC3)cn2)CC1. The van der Waals surface area contributed by atoms with Crippen molar-refractivity contribution in [2.75, 3.05) is 23.3 Å². The number of hydrogen-bond donors (Lipinski definition) is 2. The van der Waals surface area contributed by atoms with E-state index in [1.807, 2.05) is 12.3 Å². The number of piperidine rings is 1. The average molecular weight is 303 g/mol. The van der Waals surface area contributed by atoms with Gasteiger partial charge in [0, 0.05) is 19.1 Å². The molecular weight excluding hydrogens is 278 g/mol. The van der Waals surface area contributed by atoms with E-state index in [0.717, 1.165) is 44.6 Å². The molecule has 1 aliphatic carbocycles. The van der Waals surface area contributed by atoms with Crippen LogP contribution >= 0.6 is 0 Å². The molecule has 5 nitrogen and oxygen atoms in total. The van der Waals surface area contributed by atoms with E-state index < -0.39 is 5.97 Å². The molecule has 0 radical (unpaired) electrons. The molecule has 2 fully saturated rings. The molecule has 120 valence electrons. The van der Waals surface area contributed by atoms with Gasteiger partial charge >= 0.3 is 5.97 Å². The summed E-state index contributed by atoms with van der Waals surface area (Å²) in [6.07, 6.45) is 9.18. The van der Waals surface area contributed by atoms with Crippen LogP contribution in [0.2, 0.25) is 0 Å². The molecular formula is C17H25N3O2. The van der Waals surface area contributed by atoms with Gasteiger partial charge in [-0.25, -0.2) is 4.98 Å². The zero-order valence-electron chi connectivity index (χ0n) is 13.0. The second-order valence-corrected chi connectivity index (χ2v) is 6.48. The van der Waals surface area contributed by atoms with E-state index in [9.17, 15) is 4.79 Å². The van der Waals surface area contributed by atoms with Gasteiger partial charge in [0.25, 0.3) is 0 Å². The maximum atomic E-state index is 11.0. The molecule has 1 aromatic rings. The van der Waals surface area contributed by atoms with Gasteiger partial charge in [-0.2, -0.15) is 0 Å². The molecule has 0 unspecified atom stereocenters. The molecule has 1 aliphatic heterocycles. The number of hydrogen-bond acceptors (Lipinski definition) is 4. The molecule has 1 saturated carbocycles. The van der Waals surface area contributed by atoms with Crippen molar-refractivity contribution in [3.8, 4) is 0 Å². The fourth-order valence-electron chi connectivity index (χ4n) is 3.50. The van der Waals surface area contributed by atoms with E-state index in [4.69, 9.17) is 5.11 Å². The van der Waals surface area contributed by atoms with Crippen LogP contribution in [0.1, 0.15) is 44.9 Å². The molecule has 2 aliphatic rings. The van der Waals surface area contributed by atoms with Crippen LogP contribution in [0.3, 0.4) is 0 Å². The molecule has 3 rings (SSSR count). The summed E-state index contributed by atoms with van der Waals surface area (Å²) in [5.41, 5.74) is 1.21. The lowest BCUT2D eigenvalue weighted by Gasteiger charge is -2.29. The molecule has 0 bridgehead atoms. The van der Waals surface area contributed by atoms with E-state index in [2.05, 4.69) is 21.3 Å². The molecule has 2 N–H and O–H groups in total. The first-order valence-electron chi connectivity index (χ1n) is 8.43. The Labute approximate surface area is 131 Å². The van der Waals surface area contributed by atoms with Gasteiger partial charge in [-0.15, -0.1) is 0 Å². The van der Waals surface area contributed by atoms with E-state index in [-0.39, 0.29) is 5.92 Å². The van der Waals surface area contributed by atoms with Gasteiger partial charge in [0.15, 0.2) is 0 Å². The third-order valence-corrected chi connectivity index (χ3v) is 4.90. The van der Waals surface area contributed by atoms with Crippen LogP contribution in [0.4, 0.5) is 11.5 Å². The minimum absolute atomic E-state index is 0.160. The molecule has 1 saturated heterocycles. The summed E-state index contributed by atoms with van der Waals surface area (Å²) in [5, 5.41) is 12.5. The molecule has 0 aromatic carbocycles. The monoisotopic (exact) mass is 303 g/mol. The van der Waals surface area contributed by atoms with Crippen LogP contribution in [0.25, 0.3) is 0 Å². The van der Waals surface area contributed by atoms with Crippen molar-refractivity contribution in [2.24, 2.45) is 5.92 Å². The number of rotatable bonds is 4. The maximum Gasteiger partial charge on any atom is 0.306 e. The lowest BCUT2D eigenvalue weighted by Crippen LogP contribution is -2.30. The van der Waals surface area contributed by atoms with Crippen molar-refractivity contribution < 1.29 is 9.90 Å². The second kappa shape index (κ2) is 6.99. The van der Waals surface area contributed by atoms with Crippen LogP contribution in [-0.2, 0) is 4.79 Å². The van der Waals surface area contributed by atoms with E-state index in [1.165, 1.54) is 24.9 Å².